The average molecular weight is 446 g/mol. The molecule has 0 aliphatic carbocycles. The van der Waals surface area contributed by atoms with E-state index >= 15 is 0 Å². The molecule has 2 amide bonds. The summed E-state index contributed by atoms with van der Waals surface area (Å²) in [6.45, 7) is 2.04. The number of methoxy groups -OCH3 is 3. The largest absolute Gasteiger partial charge is 0.497 e. The van der Waals surface area contributed by atoms with Gasteiger partial charge in [-0.25, -0.2) is 5.01 Å². The van der Waals surface area contributed by atoms with E-state index in [4.69, 9.17) is 14.2 Å². The lowest BCUT2D eigenvalue weighted by molar-refractivity contribution is -0.141. The number of amides is 2. The van der Waals surface area contributed by atoms with Crippen molar-refractivity contribution in [2.45, 2.75) is 19.4 Å². The van der Waals surface area contributed by atoms with Crippen LogP contribution in [0.3, 0.4) is 0 Å². The molecule has 3 rings (SSSR count). The molecule has 8 nitrogen and oxygen atoms in total. The van der Waals surface area contributed by atoms with E-state index in [1.54, 1.807) is 32.7 Å². The maximum absolute atomic E-state index is 13.3. The maximum Gasteiger partial charge on any atom is 0.262 e. The van der Waals surface area contributed by atoms with Crippen molar-refractivity contribution in [3.63, 3.8) is 0 Å². The Kier molecular flexibility index (Phi) is 7.64. The monoisotopic (exact) mass is 445 g/mol. The molecule has 0 fully saturated rings. The highest BCUT2D eigenvalue weighted by atomic mass is 32.1. The fourth-order valence-corrected chi connectivity index (χ4v) is 4.18. The zero-order chi connectivity index (χ0) is 22.4. The van der Waals surface area contributed by atoms with Gasteiger partial charge in [0.25, 0.3) is 5.91 Å². The van der Waals surface area contributed by atoms with E-state index in [0.29, 0.717) is 31.1 Å². The minimum Gasteiger partial charge on any atom is -0.497 e. The molecule has 1 aromatic carbocycles. The van der Waals surface area contributed by atoms with Crippen LogP contribution in [0.15, 0.2) is 40.8 Å². The molecule has 0 unspecified atom stereocenters. The van der Waals surface area contributed by atoms with Gasteiger partial charge in [0.2, 0.25) is 5.91 Å². The predicted octanol–water partition coefficient (Wildman–Crippen LogP) is 2.94. The van der Waals surface area contributed by atoms with Crippen LogP contribution in [0.2, 0.25) is 0 Å². The molecule has 0 saturated carbocycles. The second kappa shape index (κ2) is 10.4. The number of ether oxygens (including phenoxy) is 3. The molecule has 1 aliphatic rings. The molecule has 1 aromatic heterocycles. The van der Waals surface area contributed by atoms with E-state index in [-0.39, 0.29) is 24.4 Å². The van der Waals surface area contributed by atoms with Gasteiger partial charge in [-0.2, -0.15) is 5.10 Å². The van der Waals surface area contributed by atoms with Gasteiger partial charge in [-0.15, -0.1) is 11.3 Å². The Hall–Kier alpha value is -2.91. The number of thiophene rings is 1. The third kappa shape index (κ3) is 5.23. The molecule has 2 heterocycles. The second-order valence-electron chi connectivity index (χ2n) is 7.02. The van der Waals surface area contributed by atoms with Crippen molar-refractivity contribution < 1.29 is 23.8 Å². The van der Waals surface area contributed by atoms with Gasteiger partial charge in [0.1, 0.15) is 18.0 Å². The molecule has 1 aliphatic heterocycles. The molecule has 0 bridgehead atoms. The molecule has 9 heteroatoms. The van der Waals surface area contributed by atoms with E-state index in [1.807, 2.05) is 35.7 Å². The number of benzene rings is 1. The highest BCUT2D eigenvalue weighted by molar-refractivity contribution is 7.12. The van der Waals surface area contributed by atoms with Crippen molar-refractivity contribution in [2.75, 3.05) is 41.0 Å². The van der Waals surface area contributed by atoms with Gasteiger partial charge in [0, 0.05) is 32.6 Å². The van der Waals surface area contributed by atoms with Gasteiger partial charge in [-0.1, -0.05) is 6.07 Å². The summed E-state index contributed by atoms with van der Waals surface area (Å²) in [5, 5.41) is 8.10. The Morgan fingerprint density at radius 1 is 1.23 bits per heavy atom. The first kappa shape index (κ1) is 22.8. The van der Waals surface area contributed by atoms with Crippen LogP contribution in [-0.4, -0.2) is 68.5 Å². The predicted molar refractivity (Wildman–Crippen MR) is 119 cm³/mol. The van der Waals surface area contributed by atoms with Crippen molar-refractivity contribution in [1.82, 2.24) is 9.91 Å². The Balaban J connectivity index is 1.95. The fourth-order valence-electron chi connectivity index (χ4n) is 3.46. The lowest BCUT2D eigenvalue weighted by atomic mass is 9.99. The Bertz CT molecular complexity index is 945. The highest BCUT2D eigenvalue weighted by Gasteiger charge is 2.36. The van der Waals surface area contributed by atoms with Gasteiger partial charge in [0.05, 0.1) is 37.5 Å². The Morgan fingerprint density at radius 3 is 2.65 bits per heavy atom. The van der Waals surface area contributed by atoms with E-state index in [9.17, 15) is 9.59 Å². The summed E-state index contributed by atoms with van der Waals surface area (Å²) in [4.78, 5) is 27.8. The first-order valence-electron chi connectivity index (χ1n) is 9.88. The topological polar surface area (TPSA) is 80.7 Å². The number of nitrogens with zero attached hydrogens (tertiary/aromatic N) is 3. The summed E-state index contributed by atoms with van der Waals surface area (Å²) in [5.74, 6) is 0.850. The summed E-state index contributed by atoms with van der Waals surface area (Å²) in [7, 11) is 4.75. The molecule has 0 radical (unpaired) electrons. The highest BCUT2D eigenvalue weighted by Crippen LogP contribution is 2.39. The number of carbonyl (C=O) groups excluding carboxylic acids is 2. The molecule has 0 spiro atoms. The van der Waals surface area contributed by atoms with Crippen LogP contribution < -0.4 is 9.47 Å². The SMILES string of the molecule is COCCN(CC(=O)N1N=C(c2cccs2)C[C@H]1c1cc(OC)ccc1OC)C(C)=O. The van der Waals surface area contributed by atoms with E-state index in [0.717, 1.165) is 16.2 Å². The summed E-state index contributed by atoms with van der Waals surface area (Å²) < 4.78 is 16.0. The van der Waals surface area contributed by atoms with Gasteiger partial charge >= 0.3 is 0 Å². The molecular formula is C22H27N3O5S. The standard InChI is InChI=1S/C22H27N3O5S/c1-15(26)24(9-10-28-2)14-22(27)25-19(13-18(23-25)21-6-5-11-31-21)17-12-16(29-3)7-8-20(17)30-4/h5-8,11-12,19H,9-10,13-14H2,1-4H3/t19-/m0/s1. The molecule has 0 saturated heterocycles. The lowest BCUT2D eigenvalue weighted by Crippen LogP contribution is -2.41. The summed E-state index contributed by atoms with van der Waals surface area (Å²) >= 11 is 1.57. The van der Waals surface area contributed by atoms with Crippen LogP contribution in [0, 0.1) is 0 Å². The normalized spacial score (nSPS) is 15.5. The van der Waals surface area contributed by atoms with Crippen LogP contribution in [0.4, 0.5) is 0 Å². The number of carbonyl (C=O) groups is 2. The van der Waals surface area contributed by atoms with Crippen molar-refractivity contribution in [2.24, 2.45) is 5.10 Å². The van der Waals surface area contributed by atoms with E-state index < -0.39 is 0 Å². The zero-order valence-corrected chi connectivity index (χ0v) is 19.0. The summed E-state index contributed by atoms with van der Waals surface area (Å²) in [6.07, 6.45) is 0.536. The fraction of sp³-hybridized carbons (Fsp3) is 0.409. The molecule has 1 atom stereocenters. The van der Waals surface area contributed by atoms with Gasteiger partial charge in [-0.05, 0) is 29.6 Å². The molecule has 0 N–H and O–H groups in total. The Labute approximate surface area is 186 Å². The van der Waals surface area contributed by atoms with E-state index in [1.165, 1.54) is 16.8 Å². The number of hydrogen-bond acceptors (Lipinski definition) is 7. The molecule has 166 valence electrons. The minimum atomic E-state index is -0.370. The summed E-state index contributed by atoms with van der Waals surface area (Å²) in [5.41, 5.74) is 1.63. The quantitative estimate of drug-likeness (QED) is 0.593. The van der Waals surface area contributed by atoms with Crippen molar-refractivity contribution in [1.29, 1.82) is 0 Å². The second-order valence-corrected chi connectivity index (χ2v) is 7.97. The lowest BCUT2D eigenvalue weighted by Gasteiger charge is -2.27. The van der Waals surface area contributed by atoms with Crippen LogP contribution >= 0.6 is 11.3 Å². The summed E-state index contributed by atoms with van der Waals surface area (Å²) in [6, 6.07) is 9.07. The Morgan fingerprint density at radius 2 is 2.03 bits per heavy atom. The molecular weight excluding hydrogens is 418 g/mol. The number of hydrazone groups is 1. The third-order valence-electron chi connectivity index (χ3n) is 5.10. The number of rotatable bonds is 9. The molecule has 2 aromatic rings. The van der Waals surface area contributed by atoms with Crippen molar-refractivity contribution >= 4 is 28.9 Å². The number of hydrogen-bond donors (Lipinski definition) is 0. The van der Waals surface area contributed by atoms with Crippen LogP contribution in [0.25, 0.3) is 0 Å². The minimum absolute atomic E-state index is 0.0807. The van der Waals surface area contributed by atoms with Gasteiger partial charge in [0.15, 0.2) is 0 Å². The smallest absolute Gasteiger partial charge is 0.262 e. The van der Waals surface area contributed by atoms with Crippen LogP contribution in [-0.2, 0) is 14.3 Å². The third-order valence-corrected chi connectivity index (χ3v) is 6.02. The van der Waals surface area contributed by atoms with Crippen molar-refractivity contribution in [3.05, 3.63) is 46.2 Å². The van der Waals surface area contributed by atoms with E-state index in [2.05, 4.69) is 5.10 Å². The zero-order valence-electron chi connectivity index (χ0n) is 18.2. The first-order chi connectivity index (χ1) is 15.0. The van der Waals surface area contributed by atoms with Crippen molar-refractivity contribution in [3.8, 4) is 11.5 Å². The molecule has 31 heavy (non-hydrogen) atoms. The van der Waals surface area contributed by atoms with Crippen LogP contribution in [0.1, 0.15) is 29.8 Å². The average Bonchev–Trinajstić information content (AvgIpc) is 3.45. The van der Waals surface area contributed by atoms with Gasteiger partial charge < -0.3 is 19.1 Å². The maximum atomic E-state index is 13.3. The van der Waals surface area contributed by atoms with Gasteiger partial charge in [-0.3, -0.25) is 9.59 Å². The first-order valence-corrected chi connectivity index (χ1v) is 10.8. The van der Waals surface area contributed by atoms with Crippen LogP contribution in [0.5, 0.6) is 11.5 Å².